The van der Waals surface area contributed by atoms with E-state index in [9.17, 15) is 9.90 Å². The minimum absolute atomic E-state index is 0.0155. The Balaban J connectivity index is 1.43. The summed E-state index contributed by atoms with van der Waals surface area (Å²) in [5.41, 5.74) is 2.59. The number of carbonyl (C=O) groups excluding carboxylic acids is 1. The number of benzene rings is 2. The summed E-state index contributed by atoms with van der Waals surface area (Å²) in [6.45, 7) is 5.11. The number of piperidine rings is 1. The topological polar surface area (TPSA) is 59.0 Å². The normalized spacial score (nSPS) is 26.6. The zero-order valence-electron chi connectivity index (χ0n) is 19.5. The molecule has 1 amide bonds. The van der Waals surface area contributed by atoms with Gasteiger partial charge in [0.15, 0.2) is 11.5 Å². The van der Waals surface area contributed by atoms with E-state index >= 15 is 0 Å². The number of nitrogens with zero attached hydrogens (tertiary/aromatic N) is 1. The number of rotatable bonds is 4. The van der Waals surface area contributed by atoms with Crippen LogP contribution in [0.5, 0.6) is 11.5 Å². The van der Waals surface area contributed by atoms with Crippen LogP contribution in [0.2, 0.25) is 0 Å². The Hall–Kier alpha value is -2.79. The number of carbonyl (C=O) groups is 1. The molecule has 174 valence electrons. The summed E-state index contributed by atoms with van der Waals surface area (Å²) in [6.07, 6.45) is 8.04. The number of ether oxygens (including phenoxy) is 2. The van der Waals surface area contributed by atoms with Crippen molar-refractivity contribution in [1.82, 2.24) is 4.90 Å². The molecule has 3 aliphatic rings. The SMILES string of the molecule is CC(C)c1ccc(/C=C/C(=O)N2CCC3(O)CCCCC3[C@@H]2c2ccc3c(c2)OCO3)cc1. The van der Waals surface area contributed by atoms with Crippen molar-refractivity contribution in [1.29, 1.82) is 0 Å². The summed E-state index contributed by atoms with van der Waals surface area (Å²) in [5, 5.41) is 11.5. The molecule has 5 heteroatoms. The van der Waals surface area contributed by atoms with Crippen LogP contribution in [0.25, 0.3) is 6.08 Å². The second-order valence-corrected chi connectivity index (χ2v) is 9.95. The van der Waals surface area contributed by atoms with Gasteiger partial charge in [0.25, 0.3) is 0 Å². The Labute approximate surface area is 196 Å². The molecule has 2 aliphatic heterocycles. The van der Waals surface area contributed by atoms with Crippen molar-refractivity contribution >= 4 is 12.0 Å². The fraction of sp³-hybridized carbons (Fsp3) is 0.464. The van der Waals surface area contributed by atoms with E-state index in [1.807, 2.05) is 29.2 Å². The lowest BCUT2D eigenvalue weighted by Crippen LogP contribution is -2.56. The number of aliphatic hydroxyl groups is 1. The summed E-state index contributed by atoms with van der Waals surface area (Å²) in [4.78, 5) is 15.4. The van der Waals surface area contributed by atoms with Crippen LogP contribution in [-0.2, 0) is 4.79 Å². The number of fused-ring (bicyclic) bond motifs is 2. The zero-order chi connectivity index (χ0) is 23.0. The van der Waals surface area contributed by atoms with E-state index < -0.39 is 5.60 Å². The van der Waals surface area contributed by atoms with Crippen LogP contribution < -0.4 is 9.47 Å². The van der Waals surface area contributed by atoms with Crippen molar-refractivity contribution in [3.05, 3.63) is 65.2 Å². The maximum atomic E-state index is 13.4. The summed E-state index contributed by atoms with van der Waals surface area (Å²) in [6, 6.07) is 14.1. The first-order valence-corrected chi connectivity index (χ1v) is 12.2. The standard InChI is InChI=1S/C28H33NO4/c1-19(2)21-9-6-20(7-10-21)8-13-26(30)29-16-15-28(31)14-4-3-5-23(28)27(29)22-11-12-24-25(17-22)33-18-32-24/h6-13,17,19,23,27,31H,3-5,14-16,18H2,1-2H3/b13-8+/t23?,27-,28?/m0/s1. The monoisotopic (exact) mass is 447 g/mol. The lowest BCUT2D eigenvalue weighted by atomic mass is 9.66. The highest BCUT2D eigenvalue weighted by molar-refractivity contribution is 5.92. The Morgan fingerprint density at radius 3 is 2.67 bits per heavy atom. The average Bonchev–Trinajstić information content (AvgIpc) is 3.29. The maximum absolute atomic E-state index is 13.4. The van der Waals surface area contributed by atoms with Crippen LogP contribution in [0, 0.1) is 5.92 Å². The number of hydrogen-bond acceptors (Lipinski definition) is 4. The Bertz CT molecular complexity index is 1040. The van der Waals surface area contributed by atoms with Crippen molar-refractivity contribution in [2.24, 2.45) is 5.92 Å². The lowest BCUT2D eigenvalue weighted by Gasteiger charge is -2.52. The molecular weight excluding hydrogens is 414 g/mol. The molecule has 0 radical (unpaired) electrons. The molecule has 1 aliphatic carbocycles. The molecule has 2 unspecified atom stereocenters. The predicted octanol–water partition coefficient (Wildman–Crippen LogP) is 5.45. The highest BCUT2D eigenvalue weighted by Crippen LogP contribution is 2.50. The molecule has 2 heterocycles. The van der Waals surface area contributed by atoms with Crippen LogP contribution in [0.3, 0.4) is 0 Å². The third-order valence-electron chi connectivity index (χ3n) is 7.61. The van der Waals surface area contributed by atoms with E-state index in [4.69, 9.17) is 9.47 Å². The van der Waals surface area contributed by atoms with Crippen molar-refractivity contribution in [3.8, 4) is 11.5 Å². The van der Waals surface area contributed by atoms with Gasteiger partial charge in [0, 0.05) is 18.5 Å². The van der Waals surface area contributed by atoms with Gasteiger partial charge in [0.1, 0.15) is 0 Å². The maximum Gasteiger partial charge on any atom is 0.247 e. The summed E-state index contributed by atoms with van der Waals surface area (Å²) >= 11 is 0. The van der Waals surface area contributed by atoms with Crippen LogP contribution in [0.15, 0.2) is 48.5 Å². The molecule has 2 fully saturated rings. The molecule has 5 rings (SSSR count). The average molecular weight is 448 g/mol. The summed E-state index contributed by atoms with van der Waals surface area (Å²) < 4.78 is 11.1. The summed E-state index contributed by atoms with van der Waals surface area (Å²) in [5.74, 6) is 1.93. The van der Waals surface area contributed by atoms with Gasteiger partial charge in [-0.3, -0.25) is 4.79 Å². The highest BCUT2D eigenvalue weighted by atomic mass is 16.7. The molecule has 33 heavy (non-hydrogen) atoms. The van der Waals surface area contributed by atoms with Gasteiger partial charge in [-0.2, -0.15) is 0 Å². The molecule has 1 saturated heterocycles. The molecule has 0 aromatic heterocycles. The van der Waals surface area contributed by atoms with Gasteiger partial charge in [0.05, 0.1) is 11.6 Å². The van der Waals surface area contributed by atoms with Crippen LogP contribution in [0.1, 0.15) is 74.6 Å². The molecule has 2 aromatic carbocycles. The van der Waals surface area contributed by atoms with E-state index in [2.05, 4.69) is 38.1 Å². The van der Waals surface area contributed by atoms with Gasteiger partial charge in [-0.1, -0.05) is 57.0 Å². The van der Waals surface area contributed by atoms with E-state index in [0.717, 1.165) is 42.6 Å². The fourth-order valence-electron chi connectivity index (χ4n) is 5.69. The predicted molar refractivity (Wildman–Crippen MR) is 128 cm³/mol. The molecule has 5 nitrogen and oxygen atoms in total. The van der Waals surface area contributed by atoms with Crippen molar-refractivity contribution < 1.29 is 19.4 Å². The second-order valence-electron chi connectivity index (χ2n) is 9.95. The zero-order valence-corrected chi connectivity index (χ0v) is 19.5. The molecule has 1 saturated carbocycles. The first kappa shape index (κ1) is 22.0. The van der Waals surface area contributed by atoms with Gasteiger partial charge in [-0.15, -0.1) is 0 Å². The van der Waals surface area contributed by atoms with Crippen molar-refractivity contribution in [2.75, 3.05) is 13.3 Å². The Kier molecular flexibility index (Phi) is 5.92. The minimum Gasteiger partial charge on any atom is -0.454 e. The third-order valence-corrected chi connectivity index (χ3v) is 7.61. The summed E-state index contributed by atoms with van der Waals surface area (Å²) in [7, 11) is 0. The molecule has 0 spiro atoms. The number of amides is 1. The lowest BCUT2D eigenvalue weighted by molar-refractivity contribution is -0.150. The quantitative estimate of drug-likeness (QED) is 0.634. The first-order valence-electron chi connectivity index (χ1n) is 12.2. The van der Waals surface area contributed by atoms with Crippen molar-refractivity contribution in [2.45, 2.75) is 63.5 Å². The van der Waals surface area contributed by atoms with E-state index in [0.29, 0.717) is 24.6 Å². The Morgan fingerprint density at radius 1 is 1.09 bits per heavy atom. The van der Waals surface area contributed by atoms with Crippen LogP contribution in [-0.4, -0.2) is 34.9 Å². The van der Waals surface area contributed by atoms with E-state index in [1.54, 1.807) is 6.08 Å². The van der Waals surface area contributed by atoms with Gasteiger partial charge in [-0.05, 0) is 60.1 Å². The van der Waals surface area contributed by atoms with Crippen molar-refractivity contribution in [3.63, 3.8) is 0 Å². The molecule has 0 bridgehead atoms. The largest absolute Gasteiger partial charge is 0.454 e. The third kappa shape index (κ3) is 4.26. The van der Waals surface area contributed by atoms with Gasteiger partial charge < -0.3 is 19.5 Å². The fourth-order valence-corrected chi connectivity index (χ4v) is 5.69. The first-order chi connectivity index (χ1) is 15.9. The van der Waals surface area contributed by atoms with Gasteiger partial charge in [0.2, 0.25) is 12.7 Å². The minimum atomic E-state index is -0.716. The molecule has 2 aromatic rings. The van der Waals surface area contributed by atoms with Gasteiger partial charge >= 0.3 is 0 Å². The Morgan fingerprint density at radius 2 is 1.88 bits per heavy atom. The number of hydrogen-bond donors (Lipinski definition) is 1. The smallest absolute Gasteiger partial charge is 0.247 e. The van der Waals surface area contributed by atoms with Crippen LogP contribution >= 0.6 is 0 Å². The van der Waals surface area contributed by atoms with Gasteiger partial charge in [-0.25, -0.2) is 0 Å². The molecule has 1 N–H and O–H groups in total. The highest BCUT2D eigenvalue weighted by Gasteiger charge is 2.50. The number of likely N-dealkylation sites (tertiary alicyclic amines) is 1. The van der Waals surface area contributed by atoms with E-state index in [1.165, 1.54) is 5.56 Å². The second kappa shape index (κ2) is 8.86. The van der Waals surface area contributed by atoms with E-state index in [-0.39, 0.29) is 24.7 Å². The molecule has 3 atom stereocenters. The molecular formula is C28H33NO4. The van der Waals surface area contributed by atoms with Crippen LogP contribution in [0.4, 0.5) is 0 Å².